The normalized spacial score (nSPS) is 10.2. The van der Waals surface area contributed by atoms with E-state index in [-0.39, 0.29) is 23.6 Å². The molecule has 25 heavy (non-hydrogen) atoms. The van der Waals surface area contributed by atoms with Gasteiger partial charge in [0.2, 0.25) is 5.91 Å². The van der Waals surface area contributed by atoms with Crippen molar-refractivity contribution in [1.82, 2.24) is 10.9 Å². The number of nitro groups is 1. The number of rotatable bonds is 5. The highest BCUT2D eigenvalue weighted by molar-refractivity contribution is 5.95. The molecule has 0 aliphatic heterocycles. The Kier molecular flexibility index (Phi) is 5.84. The average molecular weight is 341 g/mol. The monoisotopic (exact) mass is 341 g/mol. The second-order valence-corrected chi connectivity index (χ2v) is 5.74. The van der Waals surface area contributed by atoms with E-state index in [9.17, 15) is 19.7 Å². The van der Waals surface area contributed by atoms with E-state index in [1.807, 2.05) is 26.0 Å². The van der Waals surface area contributed by atoms with Crippen molar-refractivity contribution in [3.8, 4) is 0 Å². The van der Waals surface area contributed by atoms with Crippen LogP contribution in [-0.4, -0.2) is 16.7 Å². The Morgan fingerprint density at radius 3 is 2.32 bits per heavy atom. The van der Waals surface area contributed by atoms with Gasteiger partial charge in [-0.3, -0.25) is 30.6 Å². The third kappa shape index (κ3) is 5.13. The van der Waals surface area contributed by atoms with Gasteiger partial charge in [0.15, 0.2) is 0 Å². The number of hydrogen-bond donors (Lipinski definition) is 2. The van der Waals surface area contributed by atoms with Gasteiger partial charge in [0, 0.05) is 24.1 Å². The molecule has 0 aliphatic rings. The Labute approximate surface area is 145 Å². The van der Waals surface area contributed by atoms with Crippen molar-refractivity contribution in [3.05, 3.63) is 74.8 Å². The summed E-state index contributed by atoms with van der Waals surface area (Å²) in [6, 6.07) is 11.2. The molecule has 7 nitrogen and oxygen atoms in total. The number of amides is 2. The van der Waals surface area contributed by atoms with Gasteiger partial charge in [-0.05, 0) is 43.5 Å². The molecule has 2 aromatic carbocycles. The third-order valence-electron chi connectivity index (χ3n) is 3.78. The number of nitrogens with zero attached hydrogens (tertiary/aromatic N) is 1. The first-order valence-electron chi connectivity index (χ1n) is 7.76. The molecule has 0 radical (unpaired) electrons. The zero-order chi connectivity index (χ0) is 18.4. The van der Waals surface area contributed by atoms with Gasteiger partial charge in [-0.15, -0.1) is 0 Å². The summed E-state index contributed by atoms with van der Waals surface area (Å²) in [7, 11) is 0. The standard InChI is InChI=1S/C18H19N3O4/c1-12-3-4-14(13(2)11-12)7-10-17(22)19-20-18(23)15-5-8-16(9-6-15)21(24)25/h3-6,8-9,11H,7,10H2,1-2H3,(H,19,22)(H,20,23). The van der Waals surface area contributed by atoms with Crippen LogP contribution in [0.25, 0.3) is 0 Å². The highest BCUT2D eigenvalue weighted by Gasteiger charge is 2.10. The molecule has 0 atom stereocenters. The molecule has 0 saturated carbocycles. The fourth-order valence-electron chi connectivity index (χ4n) is 2.37. The lowest BCUT2D eigenvalue weighted by atomic mass is 10.0. The molecule has 2 N–H and O–H groups in total. The summed E-state index contributed by atoms with van der Waals surface area (Å²) in [5.74, 6) is -0.843. The Morgan fingerprint density at radius 1 is 1.04 bits per heavy atom. The Balaban J connectivity index is 1.82. The van der Waals surface area contributed by atoms with Gasteiger partial charge in [-0.25, -0.2) is 0 Å². The van der Waals surface area contributed by atoms with Crippen LogP contribution < -0.4 is 10.9 Å². The predicted octanol–water partition coefficient (Wildman–Crippen LogP) is 2.61. The highest BCUT2D eigenvalue weighted by Crippen LogP contribution is 2.13. The second kappa shape index (κ2) is 8.05. The Bertz CT molecular complexity index is 800. The molecule has 2 rings (SSSR count). The van der Waals surface area contributed by atoms with E-state index in [0.717, 1.165) is 11.1 Å². The summed E-state index contributed by atoms with van der Waals surface area (Å²) in [6.07, 6.45) is 0.815. The van der Waals surface area contributed by atoms with E-state index < -0.39 is 10.8 Å². The summed E-state index contributed by atoms with van der Waals surface area (Å²) in [5.41, 5.74) is 8.15. The smallest absolute Gasteiger partial charge is 0.269 e. The van der Waals surface area contributed by atoms with Crippen LogP contribution in [-0.2, 0) is 11.2 Å². The molecule has 0 heterocycles. The van der Waals surface area contributed by atoms with Crippen molar-refractivity contribution in [2.24, 2.45) is 0 Å². The van der Waals surface area contributed by atoms with E-state index in [0.29, 0.717) is 6.42 Å². The first-order chi connectivity index (χ1) is 11.9. The lowest BCUT2D eigenvalue weighted by molar-refractivity contribution is -0.384. The molecule has 0 unspecified atom stereocenters. The van der Waals surface area contributed by atoms with Crippen molar-refractivity contribution in [2.75, 3.05) is 0 Å². The highest BCUT2D eigenvalue weighted by atomic mass is 16.6. The van der Waals surface area contributed by atoms with Gasteiger partial charge in [0.25, 0.3) is 11.6 Å². The zero-order valence-corrected chi connectivity index (χ0v) is 14.0. The molecule has 0 aliphatic carbocycles. The average Bonchev–Trinajstić information content (AvgIpc) is 2.59. The third-order valence-corrected chi connectivity index (χ3v) is 3.78. The van der Waals surface area contributed by atoms with E-state index in [2.05, 4.69) is 16.9 Å². The summed E-state index contributed by atoms with van der Waals surface area (Å²) >= 11 is 0. The van der Waals surface area contributed by atoms with Crippen LogP contribution in [0.15, 0.2) is 42.5 Å². The van der Waals surface area contributed by atoms with E-state index >= 15 is 0 Å². The summed E-state index contributed by atoms with van der Waals surface area (Å²) in [6.45, 7) is 4.01. The minimum absolute atomic E-state index is 0.103. The molecule has 0 saturated heterocycles. The molecule has 130 valence electrons. The van der Waals surface area contributed by atoms with E-state index in [1.54, 1.807) is 0 Å². The van der Waals surface area contributed by atoms with Gasteiger partial charge < -0.3 is 0 Å². The molecular formula is C18H19N3O4. The first kappa shape index (κ1) is 18.1. The summed E-state index contributed by atoms with van der Waals surface area (Å²) in [5, 5.41) is 10.6. The first-order valence-corrected chi connectivity index (χ1v) is 7.76. The van der Waals surface area contributed by atoms with Crippen molar-refractivity contribution < 1.29 is 14.5 Å². The van der Waals surface area contributed by atoms with Gasteiger partial charge in [0.05, 0.1) is 4.92 Å². The van der Waals surface area contributed by atoms with Crippen LogP contribution in [0.3, 0.4) is 0 Å². The minimum Gasteiger partial charge on any atom is -0.273 e. The maximum absolute atomic E-state index is 11.9. The largest absolute Gasteiger partial charge is 0.273 e. The number of carbonyl (C=O) groups excluding carboxylic acids is 2. The number of nitro benzene ring substituents is 1. The Hall–Kier alpha value is -3.22. The van der Waals surface area contributed by atoms with Crippen LogP contribution in [0.5, 0.6) is 0 Å². The number of hydrogen-bond acceptors (Lipinski definition) is 4. The van der Waals surface area contributed by atoms with E-state index in [4.69, 9.17) is 0 Å². The Morgan fingerprint density at radius 2 is 1.72 bits per heavy atom. The van der Waals surface area contributed by atoms with Crippen LogP contribution >= 0.6 is 0 Å². The fraction of sp³-hybridized carbons (Fsp3) is 0.222. The number of benzene rings is 2. The molecule has 2 amide bonds. The van der Waals surface area contributed by atoms with Gasteiger partial charge in [0.1, 0.15) is 0 Å². The van der Waals surface area contributed by atoms with Crippen molar-refractivity contribution in [1.29, 1.82) is 0 Å². The molecule has 0 aromatic heterocycles. The van der Waals surface area contributed by atoms with Crippen LogP contribution in [0, 0.1) is 24.0 Å². The number of carbonyl (C=O) groups is 2. The molecule has 2 aromatic rings. The van der Waals surface area contributed by atoms with Gasteiger partial charge in [-0.2, -0.15) is 0 Å². The predicted molar refractivity (Wildman–Crippen MR) is 92.9 cm³/mol. The van der Waals surface area contributed by atoms with Crippen molar-refractivity contribution in [2.45, 2.75) is 26.7 Å². The van der Waals surface area contributed by atoms with Crippen molar-refractivity contribution >= 4 is 17.5 Å². The lowest BCUT2D eigenvalue weighted by Crippen LogP contribution is -2.41. The molecule has 0 bridgehead atoms. The molecule has 0 fully saturated rings. The lowest BCUT2D eigenvalue weighted by Gasteiger charge is -2.09. The SMILES string of the molecule is Cc1ccc(CCC(=O)NNC(=O)c2ccc([N+](=O)[O-])cc2)c(C)c1. The number of hydrazine groups is 1. The summed E-state index contributed by atoms with van der Waals surface area (Å²) < 4.78 is 0. The molecule has 7 heteroatoms. The second-order valence-electron chi connectivity index (χ2n) is 5.74. The van der Waals surface area contributed by atoms with Crippen LogP contribution in [0.2, 0.25) is 0 Å². The maximum atomic E-state index is 11.9. The number of nitrogens with one attached hydrogen (secondary N) is 2. The minimum atomic E-state index is -0.545. The van der Waals surface area contributed by atoms with Crippen LogP contribution in [0.4, 0.5) is 5.69 Å². The molecular weight excluding hydrogens is 322 g/mol. The van der Waals surface area contributed by atoms with Gasteiger partial charge in [-0.1, -0.05) is 23.8 Å². The number of aryl methyl sites for hydroxylation is 3. The zero-order valence-electron chi connectivity index (χ0n) is 14.0. The molecule has 0 spiro atoms. The van der Waals surface area contributed by atoms with Gasteiger partial charge >= 0.3 is 0 Å². The van der Waals surface area contributed by atoms with Crippen molar-refractivity contribution in [3.63, 3.8) is 0 Å². The maximum Gasteiger partial charge on any atom is 0.269 e. The topological polar surface area (TPSA) is 101 Å². The van der Waals surface area contributed by atoms with E-state index in [1.165, 1.54) is 29.8 Å². The van der Waals surface area contributed by atoms with Crippen LogP contribution in [0.1, 0.15) is 33.5 Å². The fourth-order valence-corrected chi connectivity index (χ4v) is 2.37. The summed E-state index contributed by atoms with van der Waals surface area (Å²) in [4.78, 5) is 33.8. The number of non-ortho nitro benzene ring substituents is 1. The quantitative estimate of drug-likeness (QED) is 0.644.